The van der Waals surface area contributed by atoms with Gasteiger partial charge in [-0.2, -0.15) is 13.2 Å². The summed E-state index contributed by atoms with van der Waals surface area (Å²) in [4.78, 5) is 11.4. The summed E-state index contributed by atoms with van der Waals surface area (Å²) in [6, 6.07) is 13.1. The van der Waals surface area contributed by atoms with E-state index in [1.165, 1.54) is 0 Å². The van der Waals surface area contributed by atoms with Crippen molar-refractivity contribution in [2.75, 3.05) is 19.6 Å². The number of aliphatic hydroxyl groups excluding tert-OH is 1. The maximum Gasteiger partial charge on any atom is 0.401 e. The Labute approximate surface area is 131 Å². The SMILES string of the molecule is O=C(CNCC(F)(F)F)NCC(O)c1ccc2ccccc2c1. The molecule has 2 rings (SSSR count). The number of fused-ring (bicyclic) bond motifs is 1. The van der Waals surface area contributed by atoms with Gasteiger partial charge in [0.05, 0.1) is 19.2 Å². The van der Waals surface area contributed by atoms with Gasteiger partial charge in [-0.1, -0.05) is 36.4 Å². The zero-order valence-corrected chi connectivity index (χ0v) is 12.2. The van der Waals surface area contributed by atoms with Crippen LogP contribution in [0.4, 0.5) is 13.2 Å². The van der Waals surface area contributed by atoms with Crippen molar-refractivity contribution in [1.29, 1.82) is 0 Å². The lowest BCUT2D eigenvalue weighted by molar-refractivity contribution is -0.128. The molecule has 7 heteroatoms. The van der Waals surface area contributed by atoms with Crippen LogP contribution in [-0.4, -0.2) is 36.8 Å². The Morgan fingerprint density at radius 3 is 2.52 bits per heavy atom. The minimum Gasteiger partial charge on any atom is -0.387 e. The Kier molecular flexibility index (Phi) is 5.57. The van der Waals surface area contributed by atoms with E-state index in [4.69, 9.17) is 0 Å². The molecule has 23 heavy (non-hydrogen) atoms. The van der Waals surface area contributed by atoms with E-state index in [9.17, 15) is 23.1 Å². The molecule has 2 aromatic rings. The smallest absolute Gasteiger partial charge is 0.387 e. The van der Waals surface area contributed by atoms with E-state index >= 15 is 0 Å². The number of aliphatic hydroxyl groups is 1. The maximum absolute atomic E-state index is 11.9. The van der Waals surface area contributed by atoms with Gasteiger partial charge >= 0.3 is 6.18 Å². The molecular weight excluding hydrogens is 309 g/mol. The van der Waals surface area contributed by atoms with Crippen molar-refractivity contribution in [2.45, 2.75) is 12.3 Å². The topological polar surface area (TPSA) is 61.4 Å². The highest BCUT2D eigenvalue weighted by Gasteiger charge is 2.26. The highest BCUT2D eigenvalue weighted by atomic mass is 19.4. The third kappa shape index (κ3) is 5.54. The van der Waals surface area contributed by atoms with Gasteiger partial charge in [0.2, 0.25) is 5.91 Å². The van der Waals surface area contributed by atoms with Crippen LogP contribution in [0.25, 0.3) is 10.8 Å². The average Bonchev–Trinajstić information content (AvgIpc) is 2.51. The molecule has 124 valence electrons. The lowest BCUT2D eigenvalue weighted by Crippen LogP contribution is -2.39. The van der Waals surface area contributed by atoms with Gasteiger partial charge in [-0.3, -0.25) is 4.79 Å². The van der Waals surface area contributed by atoms with Crippen molar-refractivity contribution < 1.29 is 23.1 Å². The highest BCUT2D eigenvalue weighted by molar-refractivity contribution is 5.83. The summed E-state index contributed by atoms with van der Waals surface area (Å²) in [7, 11) is 0. The molecule has 0 heterocycles. The first-order chi connectivity index (χ1) is 10.8. The number of benzene rings is 2. The second kappa shape index (κ2) is 7.43. The lowest BCUT2D eigenvalue weighted by atomic mass is 10.0. The Morgan fingerprint density at radius 1 is 1.13 bits per heavy atom. The van der Waals surface area contributed by atoms with Crippen molar-refractivity contribution >= 4 is 16.7 Å². The minimum absolute atomic E-state index is 0.0646. The summed E-state index contributed by atoms with van der Waals surface area (Å²) in [5, 5.41) is 16.5. The number of rotatable bonds is 6. The quantitative estimate of drug-likeness (QED) is 0.762. The average molecular weight is 326 g/mol. The van der Waals surface area contributed by atoms with Gasteiger partial charge in [-0.05, 0) is 22.4 Å². The van der Waals surface area contributed by atoms with E-state index in [1.54, 1.807) is 6.07 Å². The molecule has 0 aliphatic rings. The van der Waals surface area contributed by atoms with Crippen LogP contribution >= 0.6 is 0 Å². The van der Waals surface area contributed by atoms with Crippen LogP contribution in [0.2, 0.25) is 0 Å². The van der Waals surface area contributed by atoms with Crippen LogP contribution in [0.5, 0.6) is 0 Å². The molecule has 0 saturated heterocycles. The van der Waals surface area contributed by atoms with E-state index in [2.05, 4.69) is 5.32 Å². The fraction of sp³-hybridized carbons (Fsp3) is 0.312. The third-order valence-electron chi connectivity index (χ3n) is 3.26. The Hall–Kier alpha value is -2.12. The zero-order chi connectivity index (χ0) is 16.9. The second-order valence-corrected chi connectivity index (χ2v) is 5.15. The number of alkyl halides is 3. The number of halogens is 3. The second-order valence-electron chi connectivity index (χ2n) is 5.15. The normalized spacial score (nSPS) is 13.0. The van der Waals surface area contributed by atoms with Crippen LogP contribution in [0, 0.1) is 0 Å². The molecule has 0 saturated carbocycles. The summed E-state index contributed by atoms with van der Waals surface area (Å²) in [5.41, 5.74) is 0.632. The molecule has 2 aromatic carbocycles. The Balaban J connectivity index is 1.83. The molecule has 0 spiro atoms. The van der Waals surface area contributed by atoms with Crippen molar-refractivity contribution in [3.05, 3.63) is 48.0 Å². The molecule has 0 radical (unpaired) electrons. The molecule has 0 aliphatic carbocycles. The maximum atomic E-state index is 11.9. The minimum atomic E-state index is -4.36. The van der Waals surface area contributed by atoms with Gasteiger partial charge in [-0.15, -0.1) is 0 Å². The van der Waals surface area contributed by atoms with Crippen LogP contribution in [0.3, 0.4) is 0 Å². The molecule has 0 fully saturated rings. The van der Waals surface area contributed by atoms with Gasteiger partial charge in [0, 0.05) is 6.54 Å². The summed E-state index contributed by atoms with van der Waals surface area (Å²) < 4.78 is 35.8. The fourth-order valence-corrected chi connectivity index (χ4v) is 2.12. The summed E-state index contributed by atoms with van der Waals surface area (Å²) >= 11 is 0. The highest BCUT2D eigenvalue weighted by Crippen LogP contribution is 2.20. The number of carbonyl (C=O) groups is 1. The first kappa shape index (κ1) is 17.2. The Morgan fingerprint density at radius 2 is 1.83 bits per heavy atom. The molecule has 3 N–H and O–H groups in total. The number of hydrogen-bond acceptors (Lipinski definition) is 3. The van der Waals surface area contributed by atoms with E-state index in [0.29, 0.717) is 5.56 Å². The molecular formula is C16H17F3N2O2. The van der Waals surface area contributed by atoms with Crippen molar-refractivity contribution in [3.63, 3.8) is 0 Å². The van der Waals surface area contributed by atoms with E-state index < -0.39 is 31.3 Å². The summed E-state index contributed by atoms with van der Waals surface area (Å²) in [5.74, 6) is -0.603. The van der Waals surface area contributed by atoms with Gasteiger partial charge < -0.3 is 15.7 Å². The van der Waals surface area contributed by atoms with E-state index in [-0.39, 0.29) is 6.54 Å². The number of amides is 1. The monoisotopic (exact) mass is 326 g/mol. The summed E-state index contributed by atoms with van der Waals surface area (Å²) in [6.07, 6.45) is -5.28. The van der Waals surface area contributed by atoms with Gasteiger partial charge in [0.1, 0.15) is 0 Å². The standard InChI is InChI=1S/C16H17F3N2O2/c17-16(18,19)10-20-9-15(23)21-8-14(22)13-6-5-11-3-1-2-4-12(11)7-13/h1-7,14,20,22H,8-10H2,(H,21,23). The largest absolute Gasteiger partial charge is 0.401 e. The first-order valence-electron chi connectivity index (χ1n) is 7.06. The van der Waals surface area contributed by atoms with Crippen LogP contribution in [0.15, 0.2) is 42.5 Å². The lowest BCUT2D eigenvalue weighted by Gasteiger charge is -2.14. The van der Waals surface area contributed by atoms with E-state index in [1.807, 2.05) is 41.7 Å². The molecule has 1 atom stereocenters. The molecule has 0 bridgehead atoms. The van der Waals surface area contributed by atoms with E-state index in [0.717, 1.165) is 10.8 Å². The van der Waals surface area contributed by atoms with Crippen LogP contribution in [0.1, 0.15) is 11.7 Å². The van der Waals surface area contributed by atoms with Crippen molar-refractivity contribution in [3.8, 4) is 0 Å². The molecule has 0 aromatic heterocycles. The van der Waals surface area contributed by atoms with Crippen LogP contribution < -0.4 is 10.6 Å². The van der Waals surface area contributed by atoms with Crippen molar-refractivity contribution in [2.24, 2.45) is 0 Å². The predicted octanol–water partition coefficient (Wildman–Crippen LogP) is 2.14. The fourth-order valence-electron chi connectivity index (χ4n) is 2.12. The van der Waals surface area contributed by atoms with Crippen LogP contribution in [-0.2, 0) is 4.79 Å². The summed E-state index contributed by atoms with van der Waals surface area (Å²) in [6.45, 7) is -1.75. The van der Waals surface area contributed by atoms with Crippen molar-refractivity contribution in [1.82, 2.24) is 10.6 Å². The number of nitrogens with one attached hydrogen (secondary N) is 2. The number of carbonyl (C=O) groups excluding carboxylic acids is 1. The molecule has 1 unspecified atom stereocenters. The van der Waals surface area contributed by atoms with Gasteiger partial charge in [-0.25, -0.2) is 0 Å². The first-order valence-corrected chi connectivity index (χ1v) is 7.06. The van der Waals surface area contributed by atoms with Gasteiger partial charge in [0.15, 0.2) is 0 Å². The number of hydrogen-bond donors (Lipinski definition) is 3. The van der Waals surface area contributed by atoms with Gasteiger partial charge in [0.25, 0.3) is 0 Å². The predicted molar refractivity (Wildman–Crippen MR) is 80.8 cm³/mol. The molecule has 1 amide bonds. The molecule has 4 nitrogen and oxygen atoms in total. The Bertz CT molecular complexity index is 674. The molecule has 0 aliphatic heterocycles. The zero-order valence-electron chi connectivity index (χ0n) is 12.2. The third-order valence-corrected chi connectivity index (χ3v) is 3.26.